The average molecular weight is 316 g/mol. The van der Waals surface area contributed by atoms with Crippen LogP contribution in [0.15, 0.2) is 60.7 Å². The fourth-order valence-electron chi connectivity index (χ4n) is 2.50. The van der Waals surface area contributed by atoms with Crippen LogP contribution >= 0.6 is 0 Å². The minimum Gasteiger partial charge on any atom is -0.494 e. The van der Waals surface area contributed by atoms with Gasteiger partial charge in [0.15, 0.2) is 0 Å². The fourth-order valence-corrected chi connectivity index (χ4v) is 2.50. The van der Waals surface area contributed by atoms with Gasteiger partial charge in [-0.1, -0.05) is 24.0 Å². The summed E-state index contributed by atoms with van der Waals surface area (Å²) in [7, 11) is 0. The van der Waals surface area contributed by atoms with Gasteiger partial charge in [0.1, 0.15) is 11.5 Å². The summed E-state index contributed by atoms with van der Waals surface area (Å²) in [6, 6.07) is 20.2. The van der Waals surface area contributed by atoms with Crippen molar-refractivity contribution in [1.82, 2.24) is 0 Å². The lowest BCUT2D eigenvalue weighted by atomic mass is 10.1. The van der Waals surface area contributed by atoms with E-state index in [-0.39, 0.29) is 0 Å². The van der Waals surface area contributed by atoms with E-state index in [1.54, 1.807) is 0 Å². The Labute approximate surface area is 143 Å². The number of fused-ring (bicyclic) bond motifs is 1. The Morgan fingerprint density at radius 2 is 1.17 bits per heavy atom. The lowest BCUT2D eigenvalue weighted by molar-refractivity contribution is 0.340. The third-order valence-electron chi connectivity index (χ3n) is 3.64. The third-order valence-corrected chi connectivity index (χ3v) is 3.64. The van der Waals surface area contributed by atoms with E-state index in [4.69, 9.17) is 9.47 Å². The highest BCUT2D eigenvalue weighted by Crippen LogP contribution is 2.22. The molecule has 0 N–H and O–H groups in total. The van der Waals surface area contributed by atoms with Crippen LogP contribution in [-0.2, 0) is 0 Å². The van der Waals surface area contributed by atoms with Crippen molar-refractivity contribution in [3.05, 3.63) is 71.8 Å². The Balaban J connectivity index is 1.81. The largest absolute Gasteiger partial charge is 0.494 e. The molecule has 0 saturated carbocycles. The zero-order valence-electron chi connectivity index (χ0n) is 14.0. The first-order valence-electron chi connectivity index (χ1n) is 8.20. The molecule has 0 aliphatic heterocycles. The van der Waals surface area contributed by atoms with Crippen LogP contribution in [0, 0.1) is 11.8 Å². The van der Waals surface area contributed by atoms with Crippen molar-refractivity contribution in [3.8, 4) is 23.3 Å². The highest BCUT2D eigenvalue weighted by Gasteiger charge is 1.98. The lowest BCUT2D eigenvalue weighted by Gasteiger charge is -2.05. The Morgan fingerprint density at radius 1 is 0.625 bits per heavy atom. The maximum atomic E-state index is 5.54. The second-order valence-corrected chi connectivity index (χ2v) is 5.36. The normalized spacial score (nSPS) is 10.1. The van der Waals surface area contributed by atoms with E-state index in [1.165, 1.54) is 0 Å². The molecule has 0 amide bonds. The van der Waals surface area contributed by atoms with Crippen molar-refractivity contribution in [2.45, 2.75) is 13.8 Å². The molecule has 120 valence electrons. The van der Waals surface area contributed by atoms with Crippen LogP contribution in [0.3, 0.4) is 0 Å². The fraction of sp³-hybridized carbons (Fsp3) is 0.182. The Bertz CT molecular complexity index is 883. The molecule has 0 radical (unpaired) electrons. The molecular formula is C22H20O2. The van der Waals surface area contributed by atoms with Gasteiger partial charge in [-0.15, -0.1) is 0 Å². The second kappa shape index (κ2) is 7.57. The molecule has 0 atom stereocenters. The van der Waals surface area contributed by atoms with Gasteiger partial charge in [0.2, 0.25) is 0 Å². The summed E-state index contributed by atoms with van der Waals surface area (Å²) in [6.45, 7) is 5.32. The number of rotatable bonds is 4. The smallest absolute Gasteiger partial charge is 0.119 e. The van der Waals surface area contributed by atoms with Crippen LogP contribution in [0.4, 0.5) is 0 Å². The molecule has 0 heterocycles. The summed E-state index contributed by atoms with van der Waals surface area (Å²) >= 11 is 0. The van der Waals surface area contributed by atoms with Crippen molar-refractivity contribution >= 4 is 10.8 Å². The third kappa shape index (κ3) is 3.88. The summed E-state index contributed by atoms with van der Waals surface area (Å²) in [5.74, 6) is 8.19. The number of hydrogen-bond donors (Lipinski definition) is 0. The maximum Gasteiger partial charge on any atom is 0.119 e. The van der Waals surface area contributed by atoms with Gasteiger partial charge in [-0.3, -0.25) is 0 Å². The van der Waals surface area contributed by atoms with Gasteiger partial charge in [-0.05, 0) is 73.2 Å². The molecule has 0 aliphatic rings. The predicted molar refractivity (Wildman–Crippen MR) is 98.7 cm³/mol. The first-order valence-corrected chi connectivity index (χ1v) is 8.20. The lowest BCUT2D eigenvalue weighted by Crippen LogP contribution is -1.90. The molecule has 0 aromatic heterocycles. The van der Waals surface area contributed by atoms with E-state index in [1.807, 2.05) is 50.2 Å². The van der Waals surface area contributed by atoms with E-state index < -0.39 is 0 Å². The summed E-state index contributed by atoms with van der Waals surface area (Å²) < 4.78 is 11.0. The van der Waals surface area contributed by atoms with E-state index in [0.29, 0.717) is 13.2 Å². The molecule has 3 rings (SSSR count). The number of ether oxygens (including phenoxy) is 2. The monoisotopic (exact) mass is 316 g/mol. The molecule has 0 fully saturated rings. The summed E-state index contributed by atoms with van der Waals surface area (Å²) in [5.41, 5.74) is 1.98. The predicted octanol–water partition coefficient (Wildman–Crippen LogP) is 5.04. The molecule has 0 unspecified atom stereocenters. The Hall–Kier alpha value is -2.92. The van der Waals surface area contributed by atoms with Crippen molar-refractivity contribution in [2.75, 3.05) is 13.2 Å². The van der Waals surface area contributed by atoms with Crippen LogP contribution in [0.25, 0.3) is 10.8 Å². The van der Waals surface area contributed by atoms with E-state index in [0.717, 1.165) is 33.4 Å². The van der Waals surface area contributed by atoms with Gasteiger partial charge >= 0.3 is 0 Å². The van der Waals surface area contributed by atoms with Gasteiger partial charge < -0.3 is 9.47 Å². The van der Waals surface area contributed by atoms with Crippen LogP contribution in [-0.4, -0.2) is 13.2 Å². The molecule has 0 bridgehead atoms. The van der Waals surface area contributed by atoms with E-state index >= 15 is 0 Å². The van der Waals surface area contributed by atoms with Crippen LogP contribution in [0.2, 0.25) is 0 Å². The van der Waals surface area contributed by atoms with Crippen LogP contribution in [0.5, 0.6) is 11.5 Å². The molecule has 2 heteroatoms. The van der Waals surface area contributed by atoms with E-state index in [9.17, 15) is 0 Å². The summed E-state index contributed by atoms with van der Waals surface area (Å²) in [4.78, 5) is 0. The minimum atomic E-state index is 0.674. The summed E-state index contributed by atoms with van der Waals surface area (Å²) in [5, 5.41) is 2.32. The van der Waals surface area contributed by atoms with Gasteiger partial charge in [-0.2, -0.15) is 0 Å². The van der Waals surface area contributed by atoms with Crippen LogP contribution < -0.4 is 9.47 Å². The second-order valence-electron chi connectivity index (χ2n) is 5.36. The molecule has 3 aromatic carbocycles. The molecule has 0 spiro atoms. The topological polar surface area (TPSA) is 18.5 Å². The van der Waals surface area contributed by atoms with Crippen molar-refractivity contribution in [2.24, 2.45) is 0 Å². The summed E-state index contributed by atoms with van der Waals surface area (Å²) in [6.07, 6.45) is 0. The molecular weight excluding hydrogens is 296 g/mol. The highest BCUT2D eigenvalue weighted by atomic mass is 16.5. The van der Waals surface area contributed by atoms with Crippen molar-refractivity contribution in [1.29, 1.82) is 0 Å². The maximum absolute atomic E-state index is 5.54. The molecule has 0 saturated heterocycles. The van der Waals surface area contributed by atoms with E-state index in [2.05, 4.69) is 36.1 Å². The number of hydrogen-bond acceptors (Lipinski definition) is 2. The zero-order chi connectivity index (χ0) is 16.8. The quantitative estimate of drug-likeness (QED) is 0.628. The number of benzene rings is 3. The molecule has 2 nitrogen and oxygen atoms in total. The first kappa shape index (κ1) is 16.0. The Morgan fingerprint density at radius 3 is 1.92 bits per heavy atom. The van der Waals surface area contributed by atoms with Gasteiger partial charge in [0.05, 0.1) is 13.2 Å². The molecule has 0 aliphatic carbocycles. The Kier molecular flexibility index (Phi) is 5.03. The van der Waals surface area contributed by atoms with Gasteiger partial charge in [0.25, 0.3) is 0 Å². The zero-order valence-corrected chi connectivity index (χ0v) is 14.0. The average Bonchev–Trinajstić information content (AvgIpc) is 2.61. The molecule has 24 heavy (non-hydrogen) atoms. The molecule has 3 aromatic rings. The standard InChI is InChI=1S/C22H20O2/c1-3-23-21-12-8-17(9-13-21)5-6-18-7-10-20-16-22(24-4-2)14-11-19(20)15-18/h7-16H,3-4H2,1-2H3. The van der Waals surface area contributed by atoms with Gasteiger partial charge in [0, 0.05) is 11.1 Å². The van der Waals surface area contributed by atoms with Crippen molar-refractivity contribution in [3.63, 3.8) is 0 Å². The minimum absolute atomic E-state index is 0.674. The van der Waals surface area contributed by atoms with Gasteiger partial charge in [-0.25, -0.2) is 0 Å². The first-order chi connectivity index (χ1) is 11.8. The van der Waals surface area contributed by atoms with Crippen LogP contribution in [0.1, 0.15) is 25.0 Å². The van der Waals surface area contributed by atoms with Crippen molar-refractivity contribution < 1.29 is 9.47 Å². The highest BCUT2D eigenvalue weighted by molar-refractivity contribution is 5.85. The SMILES string of the molecule is CCOc1ccc(C#Cc2ccc3cc(OCC)ccc3c2)cc1.